The van der Waals surface area contributed by atoms with Crippen LogP contribution >= 0.6 is 35.3 Å². The second kappa shape index (κ2) is 10.8. The van der Waals surface area contributed by atoms with Crippen LogP contribution in [0.3, 0.4) is 0 Å². The van der Waals surface area contributed by atoms with Crippen LogP contribution in [0.5, 0.6) is 0 Å². The molecule has 4 nitrogen and oxygen atoms in total. The predicted octanol–water partition coefficient (Wildman–Crippen LogP) is 4.41. The van der Waals surface area contributed by atoms with Crippen LogP contribution in [0.25, 0.3) is 0 Å². The SMILES string of the molecule is CN=C(NCCc1ccc(C)cc1C)NCc1nc(C(C)C)cs1.I. The summed E-state index contributed by atoms with van der Waals surface area (Å²) in [6.45, 7) is 10.2. The lowest BCUT2D eigenvalue weighted by molar-refractivity contribution is 0.777. The molecule has 0 atom stereocenters. The molecule has 0 fully saturated rings. The third-order valence-corrected chi connectivity index (χ3v) is 4.84. The number of benzene rings is 1. The Balaban J connectivity index is 0.00000312. The van der Waals surface area contributed by atoms with Gasteiger partial charge in [-0.25, -0.2) is 4.98 Å². The van der Waals surface area contributed by atoms with Gasteiger partial charge in [0.05, 0.1) is 12.2 Å². The third-order valence-electron chi connectivity index (χ3n) is 3.98. The summed E-state index contributed by atoms with van der Waals surface area (Å²) in [6.07, 6.45) is 0.988. The first-order valence-corrected chi connectivity index (χ1v) is 9.32. The lowest BCUT2D eigenvalue weighted by Crippen LogP contribution is -2.37. The van der Waals surface area contributed by atoms with Crippen LogP contribution in [0.4, 0.5) is 0 Å². The quantitative estimate of drug-likeness (QED) is 0.372. The monoisotopic (exact) mass is 472 g/mol. The van der Waals surface area contributed by atoms with Crippen LogP contribution in [-0.4, -0.2) is 24.5 Å². The number of aryl methyl sites for hydroxylation is 2. The van der Waals surface area contributed by atoms with Crippen molar-refractivity contribution in [2.75, 3.05) is 13.6 Å². The maximum atomic E-state index is 4.64. The van der Waals surface area contributed by atoms with Gasteiger partial charge in [-0.1, -0.05) is 37.6 Å². The normalized spacial score (nSPS) is 11.4. The first kappa shape index (κ1) is 21.9. The second-order valence-corrected chi connectivity index (χ2v) is 7.30. The van der Waals surface area contributed by atoms with E-state index in [0.29, 0.717) is 12.5 Å². The average molecular weight is 472 g/mol. The molecule has 0 saturated carbocycles. The van der Waals surface area contributed by atoms with Gasteiger partial charge in [-0.05, 0) is 37.3 Å². The largest absolute Gasteiger partial charge is 0.356 e. The first-order chi connectivity index (χ1) is 11.5. The van der Waals surface area contributed by atoms with Gasteiger partial charge in [-0.3, -0.25) is 4.99 Å². The molecule has 138 valence electrons. The van der Waals surface area contributed by atoms with Gasteiger partial charge < -0.3 is 10.6 Å². The van der Waals surface area contributed by atoms with Crippen LogP contribution in [0.2, 0.25) is 0 Å². The molecule has 0 saturated heterocycles. The summed E-state index contributed by atoms with van der Waals surface area (Å²) in [5.74, 6) is 1.30. The summed E-state index contributed by atoms with van der Waals surface area (Å²) in [5.41, 5.74) is 5.20. The van der Waals surface area contributed by atoms with Crippen molar-refractivity contribution in [3.05, 3.63) is 51.0 Å². The van der Waals surface area contributed by atoms with E-state index in [9.17, 15) is 0 Å². The summed E-state index contributed by atoms with van der Waals surface area (Å²) in [4.78, 5) is 8.92. The molecule has 2 N–H and O–H groups in total. The van der Waals surface area contributed by atoms with Crippen molar-refractivity contribution in [1.82, 2.24) is 15.6 Å². The molecule has 0 spiro atoms. The fourth-order valence-electron chi connectivity index (χ4n) is 2.49. The highest BCUT2D eigenvalue weighted by Gasteiger charge is 2.06. The summed E-state index contributed by atoms with van der Waals surface area (Å²) in [5, 5.41) is 9.94. The predicted molar refractivity (Wildman–Crippen MR) is 119 cm³/mol. The van der Waals surface area contributed by atoms with Gasteiger partial charge in [-0.2, -0.15) is 0 Å². The molecular weight excluding hydrogens is 443 g/mol. The molecule has 2 aromatic rings. The molecule has 1 heterocycles. The van der Waals surface area contributed by atoms with Crippen molar-refractivity contribution in [3.63, 3.8) is 0 Å². The minimum absolute atomic E-state index is 0. The molecule has 6 heteroatoms. The number of nitrogens with zero attached hydrogens (tertiary/aromatic N) is 2. The van der Waals surface area contributed by atoms with Crippen molar-refractivity contribution >= 4 is 41.3 Å². The standard InChI is InChI=1S/C19H28N4S.HI/c1-13(2)17-12-24-18(23-17)11-22-19(20-5)21-9-8-16-7-6-14(3)10-15(16)4;/h6-7,10,12-13H,8-9,11H2,1-5H3,(H2,20,21,22);1H. The minimum atomic E-state index is 0. The number of aliphatic imine (C=N–C) groups is 1. The molecule has 0 aliphatic heterocycles. The zero-order valence-electron chi connectivity index (χ0n) is 15.7. The van der Waals surface area contributed by atoms with E-state index in [1.54, 1.807) is 18.4 Å². The van der Waals surface area contributed by atoms with Crippen molar-refractivity contribution in [1.29, 1.82) is 0 Å². The van der Waals surface area contributed by atoms with Gasteiger partial charge in [0.25, 0.3) is 0 Å². The van der Waals surface area contributed by atoms with Gasteiger partial charge in [-0.15, -0.1) is 35.3 Å². The number of aromatic nitrogens is 1. The van der Waals surface area contributed by atoms with E-state index in [2.05, 4.69) is 71.9 Å². The Morgan fingerprint density at radius 3 is 2.60 bits per heavy atom. The molecule has 0 radical (unpaired) electrons. The van der Waals surface area contributed by atoms with Crippen LogP contribution in [-0.2, 0) is 13.0 Å². The number of rotatable bonds is 6. The van der Waals surface area contributed by atoms with Crippen molar-refractivity contribution < 1.29 is 0 Å². The Hall–Kier alpha value is -1.15. The van der Waals surface area contributed by atoms with E-state index in [1.807, 2.05) is 0 Å². The number of thiazole rings is 1. The van der Waals surface area contributed by atoms with Crippen LogP contribution in [0.15, 0.2) is 28.6 Å². The topological polar surface area (TPSA) is 49.3 Å². The summed E-state index contributed by atoms with van der Waals surface area (Å²) in [7, 11) is 1.80. The molecule has 0 aliphatic carbocycles. The maximum Gasteiger partial charge on any atom is 0.191 e. The minimum Gasteiger partial charge on any atom is -0.356 e. The molecule has 0 amide bonds. The van der Waals surface area contributed by atoms with E-state index >= 15 is 0 Å². The van der Waals surface area contributed by atoms with Crippen molar-refractivity contribution in [3.8, 4) is 0 Å². The molecule has 1 aromatic heterocycles. The van der Waals surface area contributed by atoms with Gasteiger partial charge >= 0.3 is 0 Å². The summed E-state index contributed by atoms with van der Waals surface area (Å²) >= 11 is 1.70. The highest BCUT2D eigenvalue weighted by Crippen LogP contribution is 2.17. The lowest BCUT2D eigenvalue weighted by atomic mass is 10.0. The van der Waals surface area contributed by atoms with Crippen molar-refractivity contribution in [2.45, 2.75) is 46.6 Å². The molecule has 0 bridgehead atoms. The van der Waals surface area contributed by atoms with Crippen LogP contribution in [0, 0.1) is 13.8 Å². The fraction of sp³-hybridized carbons (Fsp3) is 0.474. The molecule has 0 unspecified atom stereocenters. The Morgan fingerprint density at radius 2 is 2.00 bits per heavy atom. The summed E-state index contributed by atoms with van der Waals surface area (Å²) in [6, 6.07) is 6.62. The zero-order chi connectivity index (χ0) is 17.5. The zero-order valence-corrected chi connectivity index (χ0v) is 18.9. The Bertz CT molecular complexity index is 694. The third kappa shape index (κ3) is 6.93. The average Bonchev–Trinajstić information content (AvgIpc) is 3.01. The van der Waals surface area contributed by atoms with E-state index < -0.39 is 0 Å². The number of hydrogen-bond acceptors (Lipinski definition) is 3. The Labute approximate surface area is 172 Å². The highest BCUT2D eigenvalue weighted by atomic mass is 127. The fourth-order valence-corrected chi connectivity index (χ4v) is 3.39. The number of hydrogen-bond donors (Lipinski definition) is 2. The second-order valence-electron chi connectivity index (χ2n) is 6.35. The first-order valence-electron chi connectivity index (χ1n) is 8.44. The number of halogens is 1. The van der Waals surface area contributed by atoms with Crippen LogP contribution in [0.1, 0.15) is 47.2 Å². The van der Waals surface area contributed by atoms with E-state index in [1.165, 1.54) is 16.7 Å². The van der Waals surface area contributed by atoms with Gasteiger partial charge in [0.1, 0.15) is 5.01 Å². The van der Waals surface area contributed by atoms with Gasteiger partial charge in [0.15, 0.2) is 5.96 Å². The van der Waals surface area contributed by atoms with Crippen LogP contribution < -0.4 is 10.6 Å². The van der Waals surface area contributed by atoms with E-state index in [-0.39, 0.29) is 24.0 Å². The molecular formula is C19H29IN4S. The molecule has 1 aromatic carbocycles. The smallest absolute Gasteiger partial charge is 0.191 e. The van der Waals surface area contributed by atoms with Gasteiger partial charge in [0.2, 0.25) is 0 Å². The van der Waals surface area contributed by atoms with E-state index in [4.69, 9.17) is 0 Å². The molecule has 25 heavy (non-hydrogen) atoms. The maximum absolute atomic E-state index is 4.64. The van der Waals surface area contributed by atoms with Gasteiger partial charge in [0, 0.05) is 19.0 Å². The lowest BCUT2D eigenvalue weighted by Gasteiger charge is -2.12. The number of guanidine groups is 1. The molecule has 2 rings (SSSR count). The number of nitrogens with one attached hydrogen (secondary N) is 2. The Morgan fingerprint density at radius 1 is 1.24 bits per heavy atom. The highest BCUT2D eigenvalue weighted by molar-refractivity contribution is 14.0. The molecule has 0 aliphatic rings. The summed E-state index contributed by atoms with van der Waals surface area (Å²) < 4.78 is 0. The Kier molecular flexibility index (Phi) is 9.42. The van der Waals surface area contributed by atoms with Crippen molar-refractivity contribution in [2.24, 2.45) is 4.99 Å². The van der Waals surface area contributed by atoms with E-state index in [0.717, 1.165) is 29.6 Å².